The molecule has 1 aromatic carbocycles. The normalized spacial score (nSPS) is 17.2. The summed E-state index contributed by atoms with van der Waals surface area (Å²) in [5.74, 6) is 0.435. The molecule has 1 aliphatic heterocycles. The van der Waals surface area contributed by atoms with Gasteiger partial charge in [0.1, 0.15) is 18.4 Å². The number of aryl methyl sites for hydroxylation is 1. The molecule has 2 heterocycles. The first-order chi connectivity index (χ1) is 13.1. The third-order valence-electron chi connectivity index (χ3n) is 4.37. The molecule has 7 heteroatoms. The highest BCUT2D eigenvalue weighted by Crippen LogP contribution is 2.21. The molecule has 3 rings (SSSR count). The summed E-state index contributed by atoms with van der Waals surface area (Å²) in [5, 5.41) is 5.78. The number of nitrogens with zero attached hydrogens (tertiary/aromatic N) is 2. The molecule has 1 unspecified atom stereocenters. The second kappa shape index (κ2) is 8.81. The Balaban J connectivity index is 1.69. The summed E-state index contributed by atoms with van der Waals surface area (Å²) in [6, 6.07) is 7.14. The Hall–Kier alpha value is -2.67. The molecule has 2 aromatic rings. The van der Waals surface area contributed by atoms with Gasteiger partial charge in [-0.15, -0.1) is 11.3 Å². The first-order valence-corrected chi connectivity index (χ1v) is 9.85. The molecule has 6 nitrogen and oxygen atoms in total. The summed E-state index contributed by atoms with van der Waals surface area (Å²) in [6.07, 6.45) is 3.85. The van der Waals surface area contributed by atoms with Crippen LogP contribution < -0.4 is 10.1 Å². The van der Waals surface area contributed by atoms with Crippen molar-refractivity contribution in [3.05, 3.63) is 52.0 Å². The average Bonchev–Trinajstić information content (AvgIpc) is 3.10. The number of rotatable bonds is 6. The number of thiazole rings is 1. The highest BCUT2D eigenvalue weighted by atomic mass is 32.1. The third-order valence-corrected chi connectivity index (χ3v) is 5.19. The predicted octanol–water partition coefficient (Wildman–Crippen LogP) is 2.78. The first kappa shape index (κ1) is 19.1. The topological polar surface area (TPSA) is 71.5 Å². The van der Waals surface area contributed by atoms with E-state index in [-0.39, 0.29) is 11.8 Å². The molecule has 1 N–H and O–H groups in total. The number of nitrogens with one attached hydrogen (secondary N) is 1. The van der Waals surface area contributed by atoms with E-state index in [4.69, 9.17) is 4.74 Å². The van der Waals surface area contributed by atoms with Crippen LogP contribution in [0.5, 0.6) is 5.75 Å². The Morgan fingerprint density at radius 3 is 3.00 bits per heavy atom. The first-order valence-electron chi connectivity index (χ1n) is 8.97. The summed E-state index contributed by atoms with van der Waals surface area (Å²) in [6.45, 7) is 5.26. The van der Waals surface area contributed by atoms with Crippen molar-refractivity contribution in [2.75, 3.05) is 13.1 Å². The molecule has 0 aliphatic carbocycles. The maximum Gasteiger partial charge on any atom is 0.247 e. The lowest BCUT2D eigenvalue weighted by atomic mass is 10.1. The fraction of sp³-hybridized carbons (Fsp3) is 0.350. The van der Waals surface area contributed by atoms with Crippen molar-refractivity contribution in [1.29, 1.82) is 0 Å². The van der Waals surface area contributed by atoms with Crippen LogP contribution in [0.25, 0.3) is 6.08 Å². The Kier molecular flexibility index (Phi) is 6.24. The lowest BCUT2D eigenvalue weighted by Crippen LogP contribution is -2.56. The smallest absolute Gasteiger partial charge is 0.247 e. The summed E-state index contributed by atoms with van der Waals surface area (Å²) in [5.41, 5.74) is 1.70. The van der Waals surface area contributed by atoms with E-state index in [0.717, 1.165) is 16.3 Å². The van der Waals surface area contributed by atoms with E-state index < -0.39 is 6.04 Å². The van der Waals surface area contributed by atoms with Crippen LogP contribution >= 0.6 is 11.3 Å². The van der Waals surface area contributed by atoms with Gasteiger partial charge in [-0.05, 0) is 25.5 Å². The fourth-order valence-electron chi connectivity index (χ4n) is 3.02. The van der Waals surface area contributed by atoms with Crippen LogP contribution in [0.15, 0.2) is 35.7 Å². The maximum atomic E-state index is 12.6. The van der Waals surface area contributed by atoms with E-state index in [9.17, 15) is 9.59 Å². The van der Waals surface area contributed by atoms with E-state index in [1.165, 1.54) is 6.08 Å². The zero-order chi connectivity index (χ0) is 19.2. The number of para-hydroxylation sites is 1. The van der Waals surface area contributed by atoms with Gasteiger partial charge in [-0.2, -0.15) is 0 Å². The van der Waals surface area contributed by atoms with E-state index in [1.54, 1.807) is 22.3 Å². The van der Waals surface area contributed by atoms with Gasteiger partial charge >= 0.3 is 0 Å². The fourth-order valence-corrected chi connectivity index (χ4v) is 3.61. The van der Waals surface area contributed by atoms with Gasteiger partial charge in [-0.3, -0.25) is 9.59 Å². The minimum Gasteiger partial charge on any atom is -0.487 e. The van der Waals surface area contributed by atoms with Crippen LogP contribution in [0.2, 0.25) is 0 Å². The molecule has 2 amide bonds. The van der Waals surface area contributed by atoms with Gasteiger partial charge in [0.25, 0.3) is 0 Å². The summed E-state index contributed by atoms with van der Waals surface area (Å²) < 4.78 is 5.88. The zero-order valence-corrected chi connectivity index (χ0v) is 16.3. The lowest BCUT2D eigenvalue weighted by molar-refractivity contribution is -0.140. The number of hydrogen-bond donors (Lipinski definition) is 1. The number of ether oxygens (including phenoxy) is 1. The summed E-state index contributed by atoms with van der Waals surface area (Å²) in [4.78, 5) is 30.5. The van der Waals surface area contributed by atoms with E-state index >= 15 is 0 Å². The van der Waals surface area contributed by atoms with Crippen molar-refractivity contribution in [1.82, 2.24) is 15.2 Å². The molecule has 1 aliphatic rings. The lowest BCUT2D eigenvalue weighted by Gasteiger charge is -2.33. The quantitative estimate of drug-likeness (QED) is 0.776. The van der Waals surface area contributed by atoms with Gasteiger partial charge in [0.15, 0.2) is 0 Å². The van der Waals surface area contributed by atoms with Gasteiger partial charge in [-0.1, -0.05) is 25.1 Å². The number of aromatic nitrogens is 1. The van der Waals surface area contributed by atoms with Gasteiger partial charge in [0.2, 0.25) is 11.8 Å². The maximum absolute atomic E-state index is 12.6. The molecule has 0 radical (unpaired) electrons. The van der Waals surface area contributed by atoms with E-state index in [1.807, 2.05) is 43.5 Å². The number of carbonyl (C=O) groups is 2. The molecule has 0 bridgehead atoms. The number of carbonyl (C=O) groups excluding carboxylic acids is 2. The van der Waals surface area contributed by atoms with Gasteiger partial charge in [0, 0.05) is 30.1 Å². The molecular weight excluding hydrogens is 362 g/mol. The minimum atomic E-state index is -0.407. The molecule has 0 saturated carbocycles. The van der Waals surface area contributed by atoms with Crippen LogP contribution in [0.3, 0.4) is 0 Å². The van der Waals surface area contributed by atoms with Crippen LogP contribution in [0.4, 0.5) is 0 Å². The third kappa shape index (κ3) is 4.74. The molecule has 27 heavy (non-hydrogen) atoms. The van der Waals surface area contributed by atoms with Crippen molar-refractivity contribution < 1.29 is 14.3 Å². The summed E-state index contributed by atoms with van der Waals surface area (Å²) >= 11 is 1.59. The highest BCUT2D eigenvalue weighted by molar-refractivity contribution is 7.09. The van der Waals surface area contributed by atoms with Crippen LogP contribution in [0.1, 0.15) is 29.6 Å². The number of amides is 2. The Morgan fingerprint density at radius 1 is 1.44 bits per heavy atom. The van der Waals surface area contributed by atoms with E-state index in [2.05, 4.69) is 10.3 Å². The minimum absolute atomic E-state index is 0.0900. The second-order valence-corrected chi connectivity index (χ2v) is 7.33. The molecule has 0 spiro atoms. The average molecular weight is 385 g/mol. The zero-order valence-electron chi connectivity index (χ0n) is 15.5. The molecule has 142 valence electrons. The van der Waals surface area contributed by atoms with Crippen LogP contribution in [-0.2, 0) is 16.2 Å². The molecule has 1 atom stereocenters. The van der Waals surface area contributed by atoms with Gasteiger partial charge in [-0.25, -0.2) is 4.98 Å². The van der Waals surface area contributed by atoms with Crippen molar-refractivity contribution in [2.45, 2.75) is 32.9 Å². The molecule has 1 saturated heterocycles. The van der Waals surface area contributed by atoms with Crippen molar-refractivity contribution in [2.24, 2.45) is 0 Å². The van der Waals surface area contributed by atoms with Gasteiger partial charge in [0.05, 0.1) is 10.7 Å². The van der Waals surface area contributed by atoms with Crippen molar-refractivity contribution in [3.8, 4) is 5.75 Å². The predicted molar refractivity (Wildman–Crippen MR) is 105 cm³/mol. The van der Waals surface area contributed by atoms with Gasteiger partial charge < -0.3 is 15.0 Å². The van der Waals surface area contributed by atoms with Crippen LogP contribution in [-0.4, -0.2) is 40.8 Å². The van der Waals surface area contributed by atoms with Crippen molar-refractivity contribution >= 4 is 29.2 Å². The molecule has 1 aromatic heterocycles. The summed E-state index contributed by atoms with van der Waals surface area (Å²) in [7, 11) is 0. The number of benzene rings is 1. The van der Waals surface area contributed by atoms with Crippen molar-refractivity contribution in [3.63, 3.8) is 0 Å². The van der Waals surface area contributed by atoms with Crippen LogP contribution in [0, 0.1) is 6.92 Å². The Bertz CT molecular complexity index is 847. The Labute approximate surface area is 162 Å². The monoisotopic (exact) mass is 385 g/mol. The van der Waals surface area contributed by atoms with E-state index in [0.29, 0.717) is 31.9 Å². The highest BCUT2D eigenvalue weighted by Gasteiger charge is 2.30. The molecule has 1 fully saturated rings. The second-order valence-electron chi connectivity index (χ2n) is 6.26. The molecular formula is C20H23N3O3S. The largest absolute Gasteiger partial charge is 0.487 e. The SMILES string of the molecule is CCC1C(=O)NCCN1C(=O)C=Cc1ccccc1OCc1csc(C)n1. The Morgan fingerprint density at radius 2 is 2.26 bits per heavy atom. The number of hydrogen-bond acceptors (Lipinski definition) is 5. The number of piperazine rings is 1. The standard InChI is InChI=1S/C20H23N3O3S/c1-3-17-20(25)21-10-11-23(17)19(24)9-8-15-6-4-5-7-18(15)26-12-16-13-27-14(2)22-16/h4-9,13,17H,3,10-12H2,1-2H3,(H,21,25).